The van der Waals surface area contributed by atoms with Gasteiger partial charge in [-0.05, 0) is 77.0 Å². The first-order valence-electron chi connectivity index (χ1n) is 10.3. The van der Waals surface area contributed by atoms with Crippen molar-refractivity contribution in [2.45, 2.75) is 117 Å². The molecule has 4 nitrogen and oxygen atoms in total. The van der Waals surface area contributed by atoms with Gasteiger partial charge in [0.15, 0.2) is 0 Å². The number of hydrogen-bond acceptors (Lipinski definition) is 3. The summed E-state index contributed by atoms with van der Waals surface area (Å²) in [6, 6.07) is 1.46. The minimum Gasteiger partial charge on any atom is -0.444 e. The third-order valence-corrected chi connectivity index (χ3v) is 6.37. The van der Waals surface area contributed by atoms with E-state index in [1.54, 1.807) is 0 Å². The van der Waals surface area contributed by atoms with Gasteiger partial charge >= 0.3 is 6.09 Å². The normalized spacial score (nSPS) is 31.0. The molecule has 0 heterocycles. The molecule has 2 saturated carbocycles. The summed E-state index contributed by atoms with van der Waals surface area (Å²) in [4.78, 5) is 11.9. The summed E-state index contributed by atoms with van der Waals surface area (Å²) in [7, 11) is 0. The Morgan fingerprint density at radius 2 is 1.48 bits per heavy atom. The van der Waals surface area contributed by atoms with E-state index < -0.39 is 5.60 Å². The molecule has 2 fully saturated rings. The lowest BCUT2D eigenvalue weighted by Gasteiger charge is -2.39. The van der Waals surface area contributed by atoms with Crippen molar-refractivity contribution in [2.24, 2.45) is 11.3 Å². The van der Waals surface area contributed by atoms with Gasteiger partial charge in [-0.3, -0.25) is 0 Å². The zero-order valence-electron chi connectivity index (χ0n) is 17.3. The molecule has 0 aromatic heterocycles. The molecule has 2 atom stereocenters. The Labute approximate surface area is 154 Å². The van der Waals surface area contributed by atoms with Crippen molar-refractivity contribution in [3.8, 4) is 0 Å². The fourth-order valence-corrected chi connectivity index (χ4v) is 4.40. The van der Waals surface area contributed by atoms with Crippen LogP contribution in [0, 0.1) is 11.3 Å². The van der Waals surface area contributed by atoms with Gasteiger partial charge in [0.25, 0.3) is 0 Å². The van der Waals surface area contributed by atoms with Gasteiger partial charge in [0.1, 0.15) is 5.60 Å². The van der Waals surface area contributed by atoms with Crippen molar-refractivity contribution in [3.63, 3.8) is 0 Å². The van der Waals surface area contributed by atoms with Crippen molar-refractivity contribution < 1.29 is 9.53 Å². The highest BCUT2D eigenvalue weighted by Gasteiger charge is 2.34. The van der Waals surface area contributed by atoms with Crippen molar-refractivity contribution in [2.75, 3.05) is 0 Å². The summed E-state index contributed by atoms with van der Waals surface area (Å²) in [6.07, 6.45) is 9.53. The van der Waals surface area contributed by atoms with Gasteiger partial charge in [-0.2, -0.15) is 0 Å². The Hall–Kier alpha value is -0.770. The van der Waals surface area contributed by atoms with Crippen LogP contribution in [0.5, 0.6) is 0 Å². The first kappa shape index (κ1) is 20.5. The Balaban J connectivity index is 1.69. The number of alkyl carbamates (subject to hydrolysis) is 1. The average Bonchev–Trinajstić information content (AvgIpc) is 2.92. The molecule has 2 aliphatic carbocycles. The Morgan fingerprint density at radius 3 is 2.04 bits per heavy atom. The van der Waals surface area contributed by atoms with E-state index in [0.29, 0.717) is 17.5 Å². The standard InChI is InChI=1S/C21H40N2O2/c1-7-21(5,6)15-8-10-16(11-9-15)22-17-12-13-18(14-17)23-19(24)25-20(2,3)4/h15-18,22H,7-14H2,1-6H3,(H,23,24). The van der Waals surface area contributed by atoms with E-state index in [1.807, 2.05) is 20.8 Å². The Bertz CT molecular complexity index is 434. The maximum Gasteiger partial charge on any atom is 0.407 e. The molecule has 0 aromatic rings. The molecule has 146 valence electrons. The predicted octanol–water partition coefficient (Wildman–Crippen LogP) is 5.02. The van der Waals surface area contributed by atoms with Crippen molar-refractivity contribution in [1.29, 1.82) is 0 Å². The topological polar surface area (TPSA) is 50.4 Å². The first-order chi connectivity index (χ1) is 11.6. The Kier molecular flexibility index (Phi) is 6.80. The predicted molar refractivity (Wildman–Crippen MR) is 104 cm³/mol. The number of nitrogens with one attached hydrogen (secondary N) is 2. The van der Waals surface area contributed by atoms with Gasteiger partial charge in [-0.25, -0.2) is 4.79 Å². The van der Waals surface area contributed by atoms with Crippen molar-refractivity contribution >= 4 is 6.09 Å². The SMILES string of the molecule is CCC(C)(C)C1CCC(NC2CCC(NC(=O)OC(C)(C)C)C2)CC1. The van der Waals surface area contributed by atoms with Crippen LogP contribution in [-0.2, 0) is 4.74 Å². The highest BCUT2D eigenvalue weighted by Crippen LogP contribution is 2.40. The van der Waals surface area contributed by atoms with E-state index in [9.17, 15) is 4.79 Å². The van der Waals surface area contributed by atoms with Crippen LogP contribution in [0.2, 0.25) is 0 Å². The lowest BCUT2D eigenvalue weighted by Crippen LogP contribution is -2.42. The highest BCUT2D eigenvalue weighted by atomic mass is 16.6. The fourth-order valence-electron chi connectivity index (χ4n) is 4.40. The zero-order valence-corrected chi connectivity index (χ0v) is 17.3. The number of hydrogen-bond donors (Lipinski definition) is 2. The molecular weight excluding hydrogens is 312 g/mol. The van der Waals surface area contributed by atoms with E-state index >= 15 is 0 Å². The van der Waals surface area contributed by atoms with E-state index in [-0.39, 0.29) is 12.1 Å². The van der Waals surface area contributed by atoms with Crippen molar-refractivity contribution in [1.82, 2.24) is 10.6 Å². The molecule has 0 bridgehead atoms. The van der Waals surface area contributed by atoms with Crippen molar-refractivity contribution in [3.05, 3.63) is 0 Å². The molecule has 1 amide bonds. The number of rotatable bonds is 5. The van der Waals surface area contributed by atoms with E-state index in [0.717, 1.165) is 25.2 Å². The second kappa shape index (κ2) is 8.28. The molecule has 2 aliphatic rings. The van der Waals surface area contributed by atoms with Crippen LogP contribution in [0.3, 0.4) is 0 Å². The molecule has 2 unspecified atom stereocenters. The second-order valence-electron chi connectivity index (χ2n) is 9.91. The van der Waals surface area contributed by atoms with Gasteiger partial charge < -0.3 is 15.4 Å². The minimum absolute atomic E-state index is 0.253. The molecular formula is C21H40N2O2. The lowest BCUT2D eigenvalue weighted by molar-refractivity contribution is 0.0505. The largest absolute Gasteiger partial charge is 0.444 e. The molecule has 0 aromatic carbocycles. The smallest absolute Gasteiger partial charge is 0.407 e. The van der Waals surface area contributed by atoms with E-state index in [2.05, 4.69) is 31.4 Å². The molecule has 0 saturated heterocycles. The zero-order chi connectivity index (χ0) is 18.7. The molecule has 25 heavy (non-hydrogen) atoms. The van der Waals surface area contributed by atoms with Crippen LogP contribution in [0.4, 0.5) is 4.79 Å². The second-order valence-corrected chi connectivity index (χ2v) is 9.91. The van der Waals surface area contributed by atoms with E-state index in [1.165, 1.54) is 32.1 Å². The summed E-state index contributed by atoms with van der Waals surface area (Å²) in [5.41, 5.74) is 0.0615. The van der Waals surface area contributed by atoms with Crippen LogP contribution < -0.4 is 10.6 Å². The van der Waals surface area contributed by atoms with Gasteiger partial charge in [0, 0.05) is 18.1 Å². The van der Waals surface area contributed by atoms with Gasteiger partial charge in [-0.15, -0.1) is 0 Å². The monoisotopic (exact) mass is 352 g/mol. The minimum atomic E-state index is -0.425. The van der Waals surface area contributed by atoms with Gasteiger partial charge in [0.05, 0.1) is 0 Å². The van der Waals surface area contributed by atoms with Crippen LogP contribution in [0.15, 0.2) is 0 Å². The highest BCUT2D eigenvalue weighted by molar-refractivity contribution is 5.68. The summed E-state index contributed by atoms with van der Waals surface area (Å²) < 4.78 is 5.37. The molecule has 2 rings (SSSR count). The van der Waals surface area contributed by atoms with Crippen LogP contribution in [-0.4, -0.2) is 29.8 Å². The van der Waals surface area contributed by atoms with E-state index in [4.69, 9.17) is 4.74 Å². The quantitative estimate of drug-likeness (QED) is 0.730. The first-order valence-corrected chi connectivity index (χ1v) is 10.3. The maximum absolute atomic E-state index is 11.9. The summed E-state index contributed by atoms with van der Waals surface area (Å²) in [5.74, 6) is 0.876. The van der Waals surface area contributed by atoms with Crippen LogP contribution in [0.1, 0.15) is 92.9 Å². The molecule has 2 N–H and O–H groups in total. The maximum atomic E-state index is 11.9. The summed E-state index contributed by atoms with van der Waals surface area (Å²) in [5, 5.41) is 6.90. The van der Waals surface area contributed by atoms with Gasteiger partial charge in [-0.1, -0.05) is 27.2 Å². The third-order valence-electron chi connectivity index (χ3n) is 6.37. The van der Waals surface area contributed by atoms with Crippen LogP contribution >= 0.6 is 0 Å². The number of carbonyl (C=O) groups excluding carboxylic acids is 1. The molecule has 0 spiro atoms. The third kappa shape index (κ3) is 6.47. The number of carbonyl (C=O) groups is 1. The number of amides is 1. The van der Waals surface area contributed by atoms with Crippen LogP contribution in [0.25, 0.3) is 0 Å². The fraction of sp³-hybridized carbons (Fsp3) is 0.952. The lowest BCUT2D eigenvalue weighted by atomic mass is 9.69. The Morgan fingerprint density at radius 1 is 0.920 bits per heavy atom. The average molecular weight is 353 g/mol. The van der Waals surface area contributed by atoms with Gasteiger partial charge in [0.2, 0.25) is 0 Å². The molecule has 4 heteroatoms. The molecule has 0 aliphatic heterocycles. The number of ether oxygens (including phenoxy) is 1. The molecule has 0 radical (unpaired) electrons. The summed E-state index contributed by atoms with van der Waals surface area (Å²) >= 11 is 0. The summed E-state index contributed by atoms with van der Waals surface area (Å²) in [6.45, 7) is 12.9.